The lowest BCUT2D eigenvalue weighted by molar-refractivity contribution is 0.653. The van der Waals surface area contributed by atoms with E-state index in [-0.39, 0.29) is 0 Å². The molecule has 0 aliphatic carbocycles. The number of fused-ring (bicyclic) bond motifs is 1. The largest absolute Gasteiger partial charge is 0.326 e. The highest BCUT2D eigenvalue weighted by molar-refractivity contribution is 5.80. The zero-order chi connectivity index (χ0) is 22.7. The van der Waals surface area contributed by atoms with Crippen molar-refractivity contribution in [2.75, 3.05) is 0 Å². The second-order valence-electron chi connectivity index (χ2n) is 8.25. The van der Waals surface area contributed by atoms with Crippen LogP contribution in [-0.2, 0) is 13.1 Å². The highest BCUT2D eigenvalue weighted by atomic mass is 15.5. The Morgan fingerprint density at radius 1 is 0.618 bits per heavy atom. The van der Waals surface area contributed by atoms with Gasteiger partial charge in [-0.15, -0.1) is 5.10 Å². The maximum atomic E-state index is 4.50. The van der Waals surface area contributed by atoms with Gasteiger partial charge in [0.05, 0.1) is 23.9 Å². The highest BCUT2D eigenvalue weighted by Gasteiger charge is 2.14. The summed E-state index contributed by atoms with van der Waals surface area (Å²) in [5.74, 6) is 0.758. The second kappa shape index (κ2) is 8.75. The van der Waals surface area contributed by atoms with Crippen LogP contribution in [0.4, 0.5) is 0 Å². The van der Waals surface area contributed by atoms with Crippen molar-refractivity contribution >= 4 is 11.0 Å². The Bertz CT molecular complexity index is 1550. The molecule has 0 aliphatic heterocycles. The van der Waals surface area contributed by atoms with E-state index < -0.39 is 0 Å². The fourth-order valence-corrected chi connectivity index (χ4v) is 4.31. The third-order valence-corrected chi connectivity index (χ3v) is 6.02. The van der Waals surface area contributed by atoms with Crippen LogP contribution in [0.15, 0.2) is 109 Å². The van der Waals surface area contributed by atoms with Gasteiger partial charge in [0.2, 0.25) is 0 Å². The molecular formula is C28H22N6. The van der Waals surface area contributed by atoms with E-state index in [0.717, 1.165) is 45.7 Å². The third kappa shape index (κ3) is 3.86. The van der Waals surface area contributed by atoms with Gasteiger partial charge in [0.15, 0.2) is 5.82 Å². The average Bonchev–Trinajstić information content (AvgIpc) is 3.52. The summed E-state index contributed by atoms with van der Waals surface area (Å²) < 4.78 is 4.03. The van der Waals surface area contributed by atoms with E-state index >= 15 is 0 Å². The van der Waals surface area contributed by atoms with E-state index in [1.165, 1.54) is 5.56 Å². The number of aromatic nitrogens is 6. The average molecular weight is 443 g/mol. The van der Waals surface area contributed by atoms with Gasteiger partial charge >= 0.3 is 0 Å². The van der Waals surface area contributed by atoms with Crippen LogP contribution in [0.2, 0.25) is 0 Å². The number of nitrogens with zero attached hydrogens (tertiary/aromatic N) is 6. The van der Waals surface area contributed by atoms with Crippen LogP contribution in [0.25, 0.3) is 33.5 Å². The first kappa shape index (κ1) is 20.1. The smallest absolute Gasteiger partial charge is 0.182 e. The number of rotatable bonds is 6. The molecule has 164 valence electrons. The Kier molecular flexibility index (Phi) is 5.16. The second-order valence-corrected chi connectivity index (χ2v) is 8.25. The minimum Gasteiger partial charge on any atom is -0.326 e. The molecule has 0 unspecified atom stereocenters. The fraction of sp³-hybridized carbons (Fsp3) is 0.0714. The molecule has 2 heterocycles. The van der Waals surface area contributed by atoms with E-state index in [1.54, 1.807) is 0 Å². The van der Waals surface area contributed by atoms with Gasteiger partial charge in [0.25, 0.3) is 0 Å². The van der Waals surface area contributed by atoms with Crippen LogP contribution in [0.5, 0.6) is 0 Å². The Hall–Kier alpha value is -4.58. The summed E-state index contributed by atoms with van der Waals surface area (Å²) in [6.45, 7) is 1.40. The first-order valence-corrected chi connectivity index (χ1v) is 11.2. The molecular weight excluding hydrogens is 420 g/mol. The lowest BCUT2D eigenvalue weighted by Crippen LogP contribution is -2.05. The molecule has 6 nitrogen and oxygen atoms in total. The monoisotopic (exact) mass is 442 g/mol. The van der Waals surface area contributed by atoms with Crippen molar-refractivity contribution in [3.05, 3.63) is 121 Å². The summed E-state index contributed by atoms with van der Waals surface area (Å²) >= 11 is 0. The predicted octanol–water partition coefficient (Wildman–Crippen LogP) is 5.45. The molecule has 0 fully saturated rings. The van der Waals surface area contributed by atoms with Crippen molar-refractivity contribution in [2.24, 2.45) is 0 Å². The molecule has 6 aromatic rings. The van der Waals surface area contributed by atoms with Gasteiger partial charge in [0, 0.05) is 12.1 Å². The number of tetrazole rings is 1. The molecule has 0 saturated carbocycles. The fourth-order valence-electron chi connectivity index (χ4n) is 4.31. The lowest BCUT2D eigenvalue weighted by Gasteiger charge is -2.11. The number of benzene rings is 4. The molecule has 0 atom stereocenters. The normalized spacial score (nSPS) is 11.2. The SMILES string of the molecule is c1ccc(Cn2nnnc2-c2ccccc2-c2ccc(Cn3cnc4ccccc43)cc2)cc1. The molecule has 2 aromatic heterocycles. The van der Waals surface area contributed by atoms with Gasteiger partial charge in [-0.25, -0.2) is 9.67 Å². The summed E-state index contributed by atoms with van der Waals surface area (Å²) in [7, 11) is 0. The molecule has 0 N–H and O–H groups in total. The van der Waals surface area contributed by atoms with Gasteiger partial charge in [-0.3, -0.25) is 0 Å². The summed E-state index contributed by atoms with van der Waals surface area (Å²) in [5, 5.41) is 12.6. The molecule has 6 heteroatoms. The third-order valence-electron chi connectivity index (χ3n) is 6.02. The van der Waals surface area contributed by atoms with E-state index in [0.29, 0.717) is 6.54 Å². The zero-order valence-electron chi connectivity index (χ0n) is 18.5. The van der Waals surface area contributed by atoms with Gasteiger partial charge in [0.1, 0.15) is 0 Å². The first-order valence-electron chi connectivity index (χ1n) is 11.2. The summed E-state index contributed by atoms with van der Waals surface area (Å²) in [5.41, 5.74) is 7.78. The van der Waals surface area contributed by atoms with Crippen LogP contribution in [0.1, 0.15) is 11.1 Å². The molecule has 0 saturated heterocycles. The molecule has 0 aliphatic rings. The van der Waals surface area contributed by atoms with Crippen LogP contribution in [-0.4, -0.2) is 29.8 Å². The minimum atomic E-state index is 0.620. The van der Waals surface area contributed by atoms with E-state index in [9.17, 15) is 0 Å². The molecule has 0 radical (unpaired) electrons. The number of hydrogen-bond donors (Lipinski definition) is 0. The van der Waals surface area contributed by atoms with Crippen molar-refractivity contribution < 1.29 is 0 Å². The van der Waals surface area contributed by atoms with E-state index in [4.69, 9.17) is 0 Å². The summed E-state index contributed by atoms with van der Waals surface area (Å²) in [6.07, 6.45) is 1.90. The molecule has 4 aromatic carbocycles. The van der Waals surface area contributed by atoms with Gasteiger partial charge in [-0.2, -0.15) is 0 Å². The molecule has 34 heavy (non-hydrogen) atoms. The maximum absolute atomic E-state index is 4.50. The van der Waals surface area contributed by atoms with E-state index in [2.05, 4.69) is 85.7 Å². The van der Waals surface area contributed by atoms with Crippen molar-refractivity contribution in [1.29, 1.82) is 0 Å². The Balaban J connectivity index is 1.30. The number of para-hydroxylation sites is 2. The quantitative estimate of drug-likeness (QED) is 0.344. The van der Waals surface area contributed by atoms with Gasteiger partial charge in [-0.1, -0.05) is 91.0 Å². The van der Waals surface area contributed by atoms with Crippen molar-refractivity contribution in [3.63, 3.8) is 0 Å². The van der Waals surface area contributed by atoms with E-state index in [1.807, 2.05) is 53.5 Å². The minimum absolute atomic E-state index is 0.620. The van der Waals surface area contributed by atoms with Crippen LogP contribution < -0.4 is 0 Å². The van der Waals surface area contributed by atoms with Crippen LogP contribution >= 0.6 is 0 Å². The predicted molar refractivity (Wildman–Crippen MR) is 133 cm³/mol. The first-order chi connectivity index (χ1) is 16.8. The molecule has 0 bridgehead atoms. The topological polar surface area (TPSA) is 61.4 Å². The Morgan fingerprint density at radius 2 is 1.32 bits per heavy atom. The van der Waals surface area contributed by atoms with Crippen molar-refractivity contribution in [3.8, 4) is 22.5 Å². The van der Waals surface area contributed by atoms with Gasteiger partial charge in [-0.05, 0) is 44.8 Å². The van der Waals surface area contributed by atoms with Crippen LogP contribution in [0.3, 0.4) is 0 Å². The van der Waals surface area contributed by atoms with Crippen molar-refractivity contribution in [1.82, 2.24) is 29.8 Å². The lowest BCUT2D eigenvalue weighted by atomic mass is 9.98. The Morgan fingerprint density at radius 3 is 2.18 bits per heavy atom. The zero-order valence-corrected chi connectivity index (χ0v) is 18.5. The maximum Gasteiger partial charge on any atom is 0.182 e. The van der Waals surface area contributed by atoms with Crippen LogP contribution in [0, 0.1) is 0 Å². The molecule has 6 rings (SSSR count). The standard InChI is InChI=1S/C28H22N6/c1-2-8-21(9-3-1)19-34-28(30-31-32-34)25-11-5-4-10-24(25)23-16-14-22(15-17-23)18-33-20-29-26-12-6-7-13-27(26)33/h1-17,20H,18-19H2. The summed E-state index contributed by atoms with van der Waals surface area (Å²) in [4.78, 5) is 4.50. The highest BCUT2D eigenvalue weighted by Crippen LogP contribution is 2.31. The molecule has 0 amide bonds. The van der Waals surface area contributed by atoms with Gasteiger partial charge < -0.3 is 4.57 Å². The molecule has 0 spiro atoms. The number of imidazole rings is 1. The summed E-state index contributed by atoms with van der Waals surface area (Å²) in [6, 6.07) is 35.4. The van der Waals surface area contributed by atoms with Crippen molar-refractivity contribution in [2.45, 2.75) is 13.1 Å². The Labute approximate surface area is 197 Å². The number of hydrogen-bond acceptors (Lipinski definition) is 4.